The van der Waals surface area contributed by atoms with Crippen molar-refractivity contribution in [2.24, 2.45) is 0 Å². The number of amides is 1. The first-order chi connectivity index (χ1) is 13.2. The Hall–Kier alpha value is -3.02. The van der Waals surface area contributed by atoms with Crippen LogP contribution in [0.25, 0.3) is 0 Å². The molecule has 0 aliphatic heterocycles. The Balaban J connectivity index is 2.24. The Morgan fingerprint density at radius 2 is 1.61 bits per heavy atom. The SMILES string of the molecule is COc1c(F)c(F)c(C(=O)NC(=S)Nc2ccccc2OC(F)F)c(F)c1F. The Kier molecular flexibility index (Phi) is 6.67. The van der Waals surface area contributed by atoms with Crippen molar-refractivity contribution in [3.05, 3.63) is 53.1 Å². The average Bonchev–Trinajstić information content (AvgIpc) is 2.62. The maximum Gasteiger partial charge on any atom is 0.387 e. The largest absolute Gasteiger partial charge is 0.491 e. The second-order valence-corrected chi connectivity index (χ2v) is 5.36. The first-order valence-electron chi connectivity index (χ1n) is 7.23. The molecule has 1 amide bonds. The minimum atomic E-state index is -3.15. The lowest BCUT2D eigenvalue weighted by atomic mass is 10.1. The molecule has 0 heterocycles. The molecule has 0 saturated carbocycles. The van der Waals surface area contributed by atoms with E-state index in [1.54, 1.807) is 5.32 Å². The van der Waals surface area contributed by atoms with E-state index in [9.17, 15) is 31.1 Å². The lowest BCUT2D eigenvalue weighted by molar-refractivity contribution is -0.0493. The van der Waals surface area contributed by atoms with Gasteiger partial charge < -0.3 is 14.8 Å². The molecule has 0 spiro atoms. The van der Waals surface area contributed by atoms with E-state index in [1.807, 2.05) is 0 Å². The third-order valence-corrected chi connectivity index (χ3v) is 3.44. The summed E-state index contributed by atoms with van der Waals surface area (Å²) in [5, 5.41) is 3.47. The Labute approximate surface area is 159 Å². The number of thiocarbonyl (C=S) groups is 1. The van der Waals surface area contributed by atoms with Gasteiger partial charge in [0.25, 0.3) is 5.91 Å². The topological polar surface area (TPSA) is 59.6 Å². The molecule has 12 heteroatoms. The van der Waals surface area contributed by atoms with Crippen molar-refractivity contribution in [2.75, 3.05) is 12.4 Å². The van der Waals surface area contributed by atoms with Crippen LogP contribution < -0.4 is 20.1 Å². The smallest absolute Gasteiger partial charge is 0.387 e. The minimum Gasteiger partial charge on any atom is -0.491 e. The normalized spacial score (nSPS) is 10.6. The molecule has 0 atom stereocenters. The van der Waals surface area contributed by atoms with Crippen molar-refractivity contribution in [1.82, 2.24) is 5.32 Å². The summed E-state index contributed by atoms with van der Waals surface area (Å²) in [6.45, 7) is -3.15. The van der Waals surface area contributed by atoms with Crippen molar-refractivity contribution >= 4 is 28.9 Å². The second-order valence-electron chi connectivity index (χ2n) is 4.95. The summed E-state index contributed by atoms with van der Waals surface area (Å²) >= 11 is 4.74. The average molecular weight is 424 g/mol. The van der Waals surface area contributed by atoms with Crippen molar-refractivity contribution in [3.63, 3.8) is 0 Å². The van der Waals surface area contributed by atoms with Crippen LogP contribution >= 0.6 is 12.2 Å². The van der Waals surface area contributed by atoms with Gasteiger partial charge in [-0.15, -0.1) is 0 Å². The minimum absolute atomic E-state index is 0.110. The molecule has 0 saturated heterocycles. The summed E-state index contributed by atoms with van der Waals surface area (Å²) in [5.41, 5.74) is -1.70. The number of carbonyl (C=O) groups excluding carboxylic acids is 1. The van der Waals surface area contributed by atoms with Gasteiger partial charge >= 0.3 is 6.61 Å². The monoisotopic (exact) mass is 424 g/mol. The number of anilines is 1. The Morgan fingerprint density at radius 3 is 2.14 bits per heavy atom. The van der Waals surface area contributed by atoms with Crippen LogP contribution in [-0.4, -0.2) is 24.7 Å². The molecule has 5 nitrogen and oxygen atoms in total. The number of hydrogen-bond donors (Lipinski definition) is 2. The molecule has 2 N–H and O–H groups in total. The summed E-state index contributed by atoms with van der Waals surface area (Å²) in [5.74, 6) is -11.1. The number of methoxy groups -OCH3 is 1. The number of nitrogens with one attached hydrogen (secondary N) is 2. The van der Waals surface area contributed by atoms with Crippen LogP contribution in [0.4, 0.5) is 32.0 Å². The van der Waals surface area contributed by atoms with E-state index in [4.69, 9.17) is 12.2 Å². The van der Waals surface area contributed by atoms with E-state index < -0.39 is 52.2 Å². The number of para-hydroxylation sites is 2. The third kappa shape index (κ3) is 4.44. The fourth-order valence-electron chi connectivity index (χ4n) is 2.08. The van der Waals surface area contributed by atoms with Crippen LogP contribution in [0.2, 0.25) is 0 Å². The Bertz CT molecular complexity index is 896. The van der Waals surface area contributed by atoms with E-state index in [0.717, 1.165) is 13.2 Å². The van der Waals surface area contributed by atoms with E-state index in [0.29, 0.717) is 0 Å². The number of hydrogen-bond acceptors (Lipinski definition) is 4. The number of benzene rings is 2. The van der Waals surface area contributed by atoms with Gasteiger partial charge in [0.1, 0.15) is 11.3 Å². The molecule has 2 rings (SSSR count). The molecule has 0 aliphatic carbocycles. The molecule has 0 bridgehead atoms. The maximum absolute atomic E-state index is 13.9. The summed E-state index contributed by atoms with van der Waals surface area (Å²) in [7, 11) is 0.776. The van der Waals surface area contributed by atoms with Crippen LogP contribution in [0, 0.1) is 23.3 Å². The number of alkyl halides is 2. The highest BCUT2D eigenvalue weighted by Crippen LogP contribution is 2.30. The fraction of sp³-hybridized carbons (Fsp3) is 0.125. The van der Waals surface area contributed by atoms with Crippen LogP contribution in [0.15, 0.2) is 24.3 Å². The first kappa shape index (κ1) is 21.3. The van der Waals surface area contributed by atoms with Gasteiger partial charge in [-0.05, 0) is 24.4 Å². The van der Waals surface area contributed by atoms with Gasteiger partial charge in [0.15, 0.2) is 22.5 Å². The molecule has 0 fully saturated rings. The molecule has 0 radical (unpaired) electrons. The van der Waals surface area contributed by atoms with Crippen LogP contribution in [0.5, 0.6) is 11.5 Å². The fourth-order valence-corrected chi connectivity index (χ4v) is 2.28. The Morgan fingerprint density at radius 1 is 1.04 bits per heavy atom. The standard InChI is InChI=1S/C16H10F6N2O3S/c1-26-13-11(19)9(17)8(10(18)12(13)20)14(25)24-16(28)23-6-4-2-3-5-7(6)27-15(21)22/h2-5,15H,1H3,(H2,23,24,25,28). The maximum atomic E-state index is 13.9. The van der Waals surface area contributed by atoms with Gasteiger partial charge in [-0.3, -0.25) is 10.1 Å². The third-order valence-electron chi connectivity index (χ3n) is 3.23. The first-order valence-corrected chi connectivity index (χ1v) is 7.64. The molecule has 28 heavy (non-hydrogen) atoms. The second kappa shape index (κ2) is 8.78. The van der Waals surface area contributed by atoms with E-state index in [-0.39, 0.29) is 11.4 Å². The summed E-state index contributed by atoms with van der Waals surface area (Å²) in [6, 6.07) is 5.20. The molecule has 0 aromatic heterocycles. The van der Waals surface area contributed by atoms with Crippen molar-refractivity contribution < 1.29 is 40.6 Å². The number of carbonyl (C=O) groups is 1. The van der Waals surface area contributed by atoms with Gasteiger partial charge in [-0.2, -0.15) is 17.6 Å². The van der Waals surface area contributed by atoms with Crippen molar-refractivity contribution in [1.29, 1.82) is 0 Å². The molecule has 150 valence electrons. The summed E-state index contributed by atoms with van der Waals surface area (Å²) in [4.78, 5) is 12.0. The zero-order chi connectivity index (χ0) is 21.0. The van der Waals surface area contributed by atoms with E-state index in [2.05, 4.69) is 14.8 Å². The number of halogens is 6. The molecule has 2 aromatic rings. The van der Waals surface area contributed by atoms with Gasteiger partial charge in [-0.1, -0.05) is 12.1 Å². The van der Waals surface area contributed by atoms with Gasteiger partial charge in [0.2, 0.25) is 11.6 Å². The van der Waals surface area contributed by atoms with Gasteiger partial charge in [-0.25, -0.2) is 8.78 Å². The predicted octanol–water partition coefficient (Wildman–Crippen LogP) is 3.98. The van der Waals surface area contributed by atoms with Crippen molar-refractivity contribution in [3.8, 4) is 11.5 Å². The lowest BCUT2D eigenvalue weighted by Gasteiger charge is -2.15. The highest BCUT2D eigenvalue weighted by Gasteiger charge is 2.30. The molecule has 0 aliphatic rings. The number of rotatable bonds is 5. The molecular formula is C16H10F6N2O3S. The van der Waals surface area contributed by atoms with Crippen molar-refractivity contribution in [2.45, 2.75) is 6.61 Å². The van der Waals surface area contributed by atoms with Crippen LogP contribution in [-0.2, 0) is 0 Å². The van der Waals surface area contributed by atoms with Crippen LogP contribution in [0.3, 0.4) is 0 Å². The van der Waals surface area contributed by atoms with E-state index >= 15 is 0 Å². The van der Waals surface area contributed by atoms with Crippen LogP contribution in [0.1, 0.15) is 10.4 Å². The highest BCUT2D eigenvalue weighted by atomic mass is 32.1. The van der Waals surface area contributed by atoms with Gasteiger partial charge in [0, 0.05) is 0 Å². The summed E-state index contributed by atoms with van der Waals surface area (Å²) < 4.78 is 88.5. The summed E-state index contributed by atoms with van der Waals surface area (Å²) in [6.07, 6.45) is 0. The van der Waals surface area contributed by atoms with Gasteiger partial charge in [0.05, 0.1) is 12.8 Å². The molecule has 0 unspecified atom stereocenters. The lowest BCUT2D eigenvalue weighted by Crippen LogP contribution is -2.35. The molecular weight excluding hydrogens is 414 g/mol. The molecule has 2 aromatic carbocycles. The highest BCUT2D eigenvalue weighted by molar-refractivity contribution is 7.80. The zero-order valence-electron chi connectivity index (χ0n) is 13.8. The zero-order valence-corrected chi connectivity index (χ0v) is 14.6. The quantitative estimate of drug-likeness (QED) is 0.432. The predicted molar refractivity (Wildman–Crippen MR) is 89.6 cm³/mol. The number of ether oxygens (including phenoxy) is 2. The van der Waals surface area contributed by atoms with E-state index in [1.165, 1.54) is 18.2 Å².